The van der Waals surface area contributed by atoms with Gasteiger partial charge in [0.05, 0.1) is 0 Å². The first-order valence-electron chi connectivity index (χ1n) is 4.15. The van der Waals surface area contributed by atoms with Crippen molar-refractivity contribution in [3.8, 4) is 0 Å². The van der Waals surface area contributed by atoms with Crippen molar-refractivity contribution >= 4 is 5.78 Å². The van der Waals surface area contributed by atoms with Crippen LogP contribution >= 0.6 is 0 Å². The summed E-state index contributed by atoms with van der Waals surface area (Å²) in [6.45, 7) is 11.8. The first-order chi connectivity index (χ1) is 4.95. The summed E-state index contributed by atoms with van der Waals surface area (Å²) in [7, 11) is 0. The minimum absolute atomic E-state index is 0.144. The average molecular weight is 154 g/mol. The highest BCUT2D eigenvalue weighted by Gasteiger charge is 2.10. The van der Waals surface area contributed by atoms with Crippen LogP contribution in [0.15, 0.2) is 12.2 Å². The van der Waals surface area contributed by atoms with E-state index < -0.39 is 0 Å². The molecule has 1 nitrogen and oxygen atoms in total. The monoisotopic (exact) mass is 154 g/mol. The van der Waals surface area contributed by atoms with E-state index in [4.69, 9.17) is 0 Å². The maximum atomic E-state index is 11.2. The zero-order chi connectivity index (χ0) is 9.02. The third-order valence-electron chi connectivity index (χ3n) is 1.86. The number of Topliss-reactive ketones (excluding diaryl/α,β-unsaturated/α-hetero) is 1. The second-order valence-electron chi connectivity index (χ2n) is 3.61. The molecule has 0 spiro atoms. The molecular weight excluding hydrogens is 136 g/mol. The van der Waals surface area contributed by atoms with Crippen LogP contribution in [0.2, 0.25) is 0 Å². The lowest BCUT2D eigenvalue weighted by Gasteiger charge is -2.09. The number of ketones is 1. The van der Waals surface area contributed by atoms with E-state index in [1.807, 2.05) is 13.8 Å². The molecule has 11 heavy (non-hydrogen) atoms. The number of hydrogen-bond acceptors (Lipinski definition) is 1. The van der Waals surface area contributed by atoms with E-state index in [1.54, 1.807) is 0 Å². The molecule has 0 amide bonds. The second kappa shape index (κ2) is 4.32. The van der Waals surface area contributed by atoms with Gasteiger partial charge in [0.15, 0.2) is 0 Å². The summed E-state index contributed by atoms with van der Waals surface area (Å²) in [6.07, 6.45) is 0.551. The molecule has 0 bridgehead atoms. The number of rotatable bonds is 4. The van der Waals surface area contributed by atoms with Crippen molar-refractivity contribution in [1.82, 2.24) is 0 Å². The van der Waals surface area contributed by atoms with Gasteiger partial charge >= 0.3 is 0 Å². The van der Waals surface area contributed by atoms with Crippen molar-refractivity contribution in [3.05, 3.63) is 12.2 Å². The van der Waals surface area contributed by atoms with E-state index >= 15 is 0 Å². The van der Waals surface area contributed by atoms with Gasteiger partial charge in [0.25, 0.3) is 0 Å². The summed E-state index contributed by atoms with van der Waals surface area (Å²) in [5, 5.41) is 0. The lowest BCUT2D eigenvalue weighted by atomic mass is 9.95. The van der Waals surface area contributed by atoms with Crippen LogP contribution in [0.4, 0.5) is 0 Å². The highest BCUT2D eigenvalue weighted by Crippen LogP contribution is 2.13. The Bertz CT molecular complexity index is 136. The highest BCUT2D eigenvalue weighted by atomic mass is 16.1. The van der Waals surface area contributed by atoms with E-state index in [9.17, 15) is 4.79 Å². The predicted molar refractivity (Wildman–Crippen MR) is 48.4 cm³/mol. The largest absolute Gasteiger partial charge is 0.299 e. The molecule has 0 N–H and O–H groups in total. The minimum atomic E-state index is 0.144. The van der Waals surface area contributed by atoms with Crippen LogP contribution in [0.5, 0.6) is 0 Å². The van der Waals surface area contributed by atoms with Crippen molar-refractivity contribution in [3.63, 3.8) is 0 Å². The molecule has 0 radical (unpaired) electrons. The van der Waals surface area contributed by atoms with Gasteiger partial charge in [0.2, 0.25) is 0 Å². The van der Waals surface area contributed by atoms with Gasteiger partial charge in [-0.3, -0.25) is 4.79 Å². The van der Waals surface area contributed by atoms with Crippen molar-refractivity contribution < 1.29 is 4.79 Å². The summed E-state index contributed by atoms with van der Waals surface area (Å²) < 4.78 is 0. The molecule has 0 aliphatic rings. The fourth-order valence-corrected chi connectivity index (χ4v) is 0.632. The Hall–Kier alpha value is -0.590. The Morgan fingerprint density at radius 3 is 1.91 bits per heavy atom. The molecule has 0 saturated heterocycles. The smallest absolute Gasteiger partial charge is 0.139 e. The minimum Gasteiger partial charge on any atom is -0.299 e. The van der Waals surface area contributed by atoms with Gasteiger partial charge in [-0.2, -0.15) is 0 Å². The van der Waals surface area contributed by atoms with Crippen LogP contribution in [0, 0.1) is 11.8 Å². The Balaban J connectivity index is 3.86. The Kier molecular flexibility index (Phi) is 4.09. The molecule has 0 aliphatic heterocycles. The summed E-state index contributed by atoms with van der Waals surface area (Å²) in [5.41, 5.74) is 1.05. The molecule has 64 valence electrons. The van der Waals surface area contributed by atoms with Crippen LogP contribution in [0.25, 0.3) is 0 Å². The Labute approximate surface area is 69.5 Å². The predicted octanol–water partition coefficient (Wildman–Crippen LogP) is 2.81. The molecule has 0 heterocycles. The third-order valence-corrected chi connectivity index (χ3v) is 1.86. The fraction of sp³-hybridized carbons (Fsp3) is 0.700. The van der Waals surface area contributed by atoms with Gasteiger partial charge in [0.1, 0.15) is 5.78 Å². The molecule has 0 fully saturated rings. The van der Waals surface area contributed by atoms with Crippen molar-refractivity contribution in [2.45, 2.75) is 34.1 Å². The summed E-state index contributed by atoms with van der Waals surface area (Å²) in [5.74, 6) is 0.867. The number of allylic oxidation sites excluding steroid dienone is 1. The lowest BCUT2D eigenvalue weighted by molar-refractivity contribution is -0.121. The quantitative estimate of drug-likeness (QED) is 0.569. The first kappa shape index (κ1) is 10.4. The van der Waals surface area contributed by atoms with Gasteiger partial charge in [-0.25, -0.2) is 0 Å². The topological polar surface area (TPSA) is 17.1 Å². The first-order valence-corrected chi connectivity index (χ1v) is 4.15. The van der Waals surface area contributed by atoms with E-state index in [0.717, 1.165) is 5.57 Å². The maximum Gasteiger partial charge on any atom is 0.139 e. The molecule has 0 aromatic heterocycles. The normalized spacial score (nSPS) is 10.7. The van der Waals surface area contributed by atoms with Crippen molar-refractivity contribution in [1.29, 1.82) is 0 Å². The summed E-state index contributed by atoms with van der Waals surface area (Å²) in [4.78, 5) is 11.2. The zero-order valence-corrected chi connectivity index (χ0v) is 7.98. The zero-order valence-electron chi connectivity index (χ0n) is 7.98. The molecule has 0 aromatic rings. The van der Waals surface area contributed by atoms with Crippen LogP contribution in [-0.2, 0) is 4.79 Å². The lowest BCUT2D eigenvalue weighted by Crippen LogP contribution is -2.09. The summed E-state index contributed by atoms with van der Waals surface area (Å²) in [6, 6.07) is 0. The molecular formula is C10H18O. The Morgan fingerprint density at radius 1 is 1.18 bits per heavy atom. The molecule has 1 heteroatoms. The van der Waals surface area contributed by atoms with Crippen molar-refractivity contribution in [2.75, 3.05) is 0 Å². The van der Waals surface area contributed by atoms with E-state index in [-0.39, 0.29) is 5.92 Å². The maximum absolute atomic E-state index is 11.2. The second-order valence-corrected chi connectivity index (χ2v) is 3.61. The molecule has 0 rings (SSSR count). The van der Waals surface area contributed by atoms with Crippen LogP contribution < -0.4 is 0 Å². The molecule has 0 atom stereocenters. The molecule has 0 saturated carbocycles. The summed E-state index contributed by atoms with van der Waals surface area (Å²) >= 11 is 0. The number of carbonyl (C=O) groups excluding carboxylic acids is 1. The molecule has 0 aromatic carbocycles. The number of hydrogen-bond donors (Lipinski definition) is 0. The highest BCUT2D eigenvalue weighted by molar-refractivity contribution is 5.82. The van der Waals surface area contributed by atoms with E-state index in [1.165, 1.54) is 0 Å². The fourth-order valence-electron chi connectivity index (χ4n) is 0.632. The standard InChI is InChI=1S/C10H18O/c1-7(2)9(5)6-10(11)8(3)4/h7-8H,5-6H2,1-4H3. The van der Waals surface area contributed by atoms with Gasteiger partial charge in [-0.1, -0.05) is 39.8 Å². The van der Waals surface area contributed by atoms with Gasteiger partial charge in [-0.05, 0) is 5.92 Å². The third kappa shape index (κ3) is 3.97. The molecule has 0 aliphatic carbocycles. The van der Waals surface area contributed by atoms with Crippen LogP contribution in [0.1, 0.15) is 34.1 Å². The van der Waals surface area contributed by atoms with Gasteiger partial charge in [-0.15, -0.1) is 0 Å². The number of carbonyl (C=O) groups is 1. The SMILES string of the molecule is C=C(CC(=O)C(C)C)C(C)C. The Morgan fingerprint density at radius 2 is 1.64 bits per heavy atom. The van der Waals surface area contributed by atoms with E-state index in [0.29, 0.717) is 18.1 Å². The van der Waals surface area contributed by atoms with Gasteiger partial charge < -0.3 is 0 Å². The van der Waals surface area contributed by atoms with Crippen LogP contribution in [0.3, 0.4) is 0 Å². The van der Waals surface area contributed by atoms with E-state index in [2.05, 4.69) is 20.4 Å². The average Bonchev–Trinajstić information content (AvgIpc) is 1.87. The van der Waals surface area contributed by atoms with Gasteiger partial charge in [0, 0.05) is 12.3 Å². The van der Waals surface area contributed by atoms with Crippen LogP contribution in [-0.4, -0.2) is 5.78 Å². The molecule has 0 unspecified atom stereocenters. The van der Waals surface area contributed by atoms with Crippen molar-refractivity contribution in [2.24, 2.45) is 11.8 Å².